The SMILES string of the molecule is CCCCCCCCCCCCCCCCCC(=O)O[C@H](COC(=O)CCCCCCCCCCCC)COP(=O)(O)OCC[N+](C)(C)C. The van der Waals surface area contributed by atoms with E-state index in [9.17, 15) is 19.0 Å². The molecule has 0 bridgehead atoms. The molecular weight excluding hydrogens is 641 g/mol. The Morgan fingerprint density at radius 2 is 0.918 bits per heavy atom. The van der Waals surface area contributed by atoms with Crippen molar-refractivity contribution in [2.45, 2.75) is 193 Å². The van der Waals surface area contributed by atoms with Crippen molar-refractivity contribution < 1.29 is 42.1 Å². The molecule has 1 unspecified atom stereocenters. The number of rotatable bonds is 37. The minimum atomic E-state index is -4.36. The number of ether oxygens (including phenoxy) is 2. The predicted molar refractivity (Wildman–Crippen MR) is 201 cm³/mol. The number of nitrogens with zero attached hydrogens (tertiary/aromatic N) is 1. The third-order valence-corrected chi connectivity index (χ3v) is 9.87. The Balaban J connectivity index is 4.36. The van der Waals surface area contributed by atoms with E-state index in [0.29, 0.717) is 17.4 Å². The van der Waals surface area contributed by atoms with E-state index in [2.05, 4.69) is 13.8 Å². The number of carbonyl (C=O) groups excluding carboxylic acids is 2. The van der Waals surface area contributed by atoms with Gasteiger partial charge in [0.15, 0.2) is 6.10 Å². The summed E-state index contributed by atoms with van der Waals surface area (Å²) in [6.07, 6.45) is 30.0. The molecule has 0 saturated carbocycles. The molecule has 0 aliphatic rings. The highest BCUT2D eigenvalue weighted by Crippen LogP contribution is 2.43. The average molecular weight is 721 g/mol. The quantitative estimate of drug-likeness (QED) is 0.0292. The van der Waals surface area contributed by atoms with Gasteiger partial charge in [-0.3, -0.25) is 18.6 Å². The van der Waals surface area contributed by atoms with Crippen molar-refractivity contribution in [3.05, 3.63) is 0 Å². The van der Waals surface area contributed by atoms with Crippen LogP contribution in [0.2, 0.25) is 0 Å². The lowest BCUT2D eigenvalue weighted by Crippen LogP contribution is -2.37. The van der Waals surface area contributed by atoms with Gasteiger partial charge in [0, 0.05) is 12.8 Å². The smallest absolute Gasteiger partial charge is 0.462 e. The van der Waals surface area contributed by atoms with E-state index >= 15 is 0 Å². The van der Waals surface area contributed by atoms with Crippen LogP contribution in [0.15, 0.2) is 0 Å². The molecule has 0 heterocycles. The molecule has 0 rings (SSSR count). The third-order valence-electron chi connectivity index (χ3n) is 8.89. The predicted octanol–water partition coefficient (Wildman–Crippen LogP) is 10.9. The van der Waals surface area contributed by atoms with Gasteiger partial charge in [-0.1, -0.05) is 162 Å². The number of quaternary nitrogens is 1. The Labute approximate surface area is 302 Å². The van der Waals surface area contributed by atoms with Crippen LogP contribution in [0.4, 0.5) is 0 Å². The fourth-order valence-electron chi connectivity index (χ4n) is 5.66. The van der Waals surface area contributed by atoms with Gasteiger partial charge in [-0.2, -0.15) is 0 Å². The van der Waals surface area contributed by atoms with Crippen LogP contribution in [-0.4, -0.2) is 74.9 Å². The number of unbranched alkanes of at least 4 members (excludes halogenated alkanes) is 23. The normalized spacial score (nSPS) is 13.7. The van der Waals surface area contributed by atoms with E-state index in [4.69, 9.17) is 18.5 Å². The number of hydrogen-bond acceptors (Lipinski definition) is 7. The van der Waals surface area contributed by atoms with Gasteiger partial charge in [0.1, 0.15) is 19.8 Å². The number of hydrogen-bond donors (Lipinski definition) is 1. The molecule has 2 atom stereocenters. The van der Waals surface area contributed by atoms with Crippen LogP contribution in [0, 0.1) is 0 Å². The van der Waals surface area contributed by atoms with Gasteiger partial charge >= 0.3 is 19.8 Å². The molecule has 0 aliphatic heterocycles. The Bertz CT molecular complexity index is 819. The van der Waals surface area contributed by atoms with Gasteiger partial charge in [-0.15, -0.1) is 0 Å². The zero-order valence-corrected chi connectivity index (χ0v) is 33.6. The van der Waals surface area contributed by atoms with Gasteiger partial charge in [-0.25, -0.2) is 4.57 Å². The summed E-state index contributed by atoms with van der Waals surface area (Å²) < 4.78 is 34.2. The number of likely N-dealkylation sites (N-methyl/N-ethyl adjacent to an activating group) is 1. The number of phosphoric ester groups is 1. The highest BCUT2D eigenvalue weighted by molar-refractivity contribution is 7.47. The maximum absolute atomic E-state index is 12.6. The van der Waals surface area contributed by atoms with Gasteiger partial charge in [-0.05, 0) is 12.8 Å². The van der Waals surface area contributed by atoms with Crippen molar-refractivity contribution in [1.29, 1.82) is 0 Å². The van der Waals surface area contributed by atoms with Crippen molar-refractivity contribution in [1.82, 2.24) is 0 Å². The van der Waals surface area contributed by atoms with E-state index in [0.717, 1.165) is 38.5 Å². The molecule has 0 aromatic carbocycles. The zero-order chi connectivity index (χ0) is 36.5. The maximum Gasteiger partial charge on any atom is 0.472 e. The molecule has 0 aromatic heterocycles. The van der Waals surface area contributed by atoms with Crippen LogP contribution >= 0.6 is 7.82 Å². The molecule has 49 heavy (non-hydrogen) atoms. The maximum atomic E-state index is 12.6. The van der Waals surface area contributed by atoms with Crippen LogP contribution in [-0.2, 0) is 32.7 Å². The van der Waals surface area contributed by atoms with Crippen LogP contribution in [0.5, 0.6) is 0 Å². The molecular formula is C39H79NO8P+. The van der Waals surface area contributed by atoms with Gasteiger partial charge in [0.05, 0.1) is 27.7 Å². The van der Waals surface area contributed by atoms with E-state index < -0.39 is 26.5 Å². The molecule has 10 heteroatoms. The van der Waals surface area contributed by atoms with Crippen molar-refractivity contribution >= 4 is 19.8 Å². The fraction of sp³-hybridized carbons (Fsp3) is 0.949. The lowest BCUT2D eigenvalue weighted by atomic mass is 10.0. The van der Waals surface area contributed by atoms with Crippen molar-refractivity contribution in [2.75, 3.05) is 47.5 Å². The molecule has 292 valence electrons. The Morgan fingerprint density at radius 1 is 0.551 bits per heavy atom. The lowest BCUT2D eigenvalue weighted by molar-refractivity contribution is -0.870. The molecule has 9 nitrogen and oxygen atoms in total. The largest absolute Gasteiger partial charge is 0.472 e. The Hall–Kier alpha value is -0.990. The first kappa shape index (κ1) is 48.0. The molecule has 0 fully saturated rings. The highest BCUT2D eigenvalue weighted by Gasteiger charge is 2.27. The van der Waals surface area contributed by atoms with Crippen molar-refractivity contribution in [3.63, 3.8) is 0 Å². The highest BCUT2D eigenvalue weighted by atomic mass is 31.2. The van der Waals surface area contributed by atoms with Crippen LogP contribution in [0.1, 0.15) is 187 Å². The molecule has 0 radical (unpaired) electrons. The first-order valence-corrected chi connectivity index (χ1v) is 21.8. The summed E-state index contributed by atoms with van der Waals surface area (Å²) in [6, 6.07) is 0. The molecule has 0 aromatic rings. The van der Waals surface area contributed by atoms with Gasteiger partial charge < -0.3 is 18.9 Å². The van der Waals surface area contributed by atoms with Crippen LogP contribution in [0.3, 0.4) is 0 Å². The summed E-state index contributed by atoms with van der Waals surface area (Å²) >= 11 is 0. The van der Waals surface area contributed by atoms with Crippen molar-refractivity contribution in [3.8, 4) is 0 Å². The first-order chi connectivity index (χ1) is 23.5. The monoisotopic (exact) mass is 721 g/mol. The standard InChI is InChI=1S/C39H78NO8P/c1-6-8-10-12-14-16-18-19-20-21-22-24-26-28-30-32-39(42)48-37(36-47-49(43,44)46-34-33-40(3,4)5)35-45-38(41)31-29-27-25-23-17-15-13-11-9-7-2/h37H,6-36H2,1-5H3/p+1/t37-/m1/s1. The first-order valence-electron chi connectivity index (χ1n) is 20.3. The van der Waals surface area contributed by atoms with Crippen LogP contribution in [0.25, 0.3) is 0 Å². The van der Waals surface area contributed by atoms with E-state index in [1.54, 1.807) is 0 Å². The Kier molecular flexibility index (Phi) is 32.2. The summed E-state index contributed by atoms with van der Waals surface area (Å²) in [5, 5.41) is 0. The van der Waals surface area contributed by atoms with E-state index in [1.165, 1.54) is 122 Å². The van der Waals surface area contributed by atoms with Gasteiger partial charge in [0.25, 0.3) is 0 Å². The van der Waals surface area contributed by atoms with E-state index in [1.807, 2.05) is 21.1 Å². The summed E-state index contributed by atoms with van der Waals surface area (Å²) in [5.41, 5.74) is 0. The second kappa shape index (κ2) is 32.9. The zero-order valence-electron chi connectivity index (χ0n) is 32.7. The summed E-state index contributed by atoms with van der Waals surface area (Å²) in [5.74, 6) is -0.790. The van der Waals surface area contributed by atoms with Crippen molar-refractivity contribution in [2.24, 2.45) is 0 Å². The number of esters is 2. The minimum Gasteiger partial charge on any atom is -0.462 e. The fourth-order valence-corrected chi connectivity index (χ4v) is 6.40. The lowest BCUT2D eigenvalue weighted by Gasteiger charge is -2.24. The number of phosphoric acid groups is 1. The molecule has 1 N–H and O–H groups in total. The molecule has 0 aliphatic carbocycles. The summed E-state index contributed by atoms with van der Waals surface area (Å²) in [4.78, 5) is 35.2. The summed E-state index contributed by atoms with van der Waals surface area (Å²) in [7, 11) is 1.49. The topological polar surface area (TPSA) is 108 Å². The summed E-state index contributed by atoms with van der Waals surface area (Å²) in [6.45, 7) is 4.42. The molecule has 0 spiro atoms. The third kappa shape index (κ3) is 36.6. The number of carbonyl (C=O) groups is 2. The Morgan fingerprint density at radius 3 is 1.31 bits per heavy atom. The second-order valence-corrected chi connectivity index (χ2v) is 16.5. The van der Waals surface area contributed by atoms with Gasteiger partial charge in [0.2, 0.25) is 0 Å². The van der Waals surface area contributed by atoms with Crippen LogP contribution < -0.4 is 0 Å². The molecule has 0 saturated heterocycles. The van der Waals surface area contributed by atoms with E-state index in [-0.39, 0.29) is 25.6 Å². The average Bonchev–Trinajstić information content (AvgIpc) is 3.04. The molecule has 0 amide bonds. The minimum absolute atomic E-state index is 0.0365. The second-order valence-electron chi connectivity index (χ2n) is 15.0.